The minimum atomic E-state index is -0.583. The zero-order chi connectivity index (χ0) is 41.4. The molecule has 0 N–H and O–H groups in total. The molecule has 0 fully saturated rings. The zero-order valence-electron chi connectivity index (χ0n) is 19.7. The fraction of sp³-hybridized carbons (Fsp3) is 0. The Balaban J connectivity index is 5.59. The van der Waals surface area contributed by atoms with Gasteiger partial charge in [-0.2, -0.15) is 0 Å². The summed E-state index contributed by atoms with van der Waals surface area (Å²) in [7, 11) is -13.5. The maximum absolute atomic E-state index is 3.39. The van der Waals surface area contributed by atoms with Gasteiger partial charge in [0.25, 0.3) is 0 Å². The molecular formula is I52. The molecule has 0 bridgehead atoms. The summed E-state index contributed by atoms with van der Waals surface area (Å²) in [5.74, 6) is 0. The molecule has 0 aromatic rings. The van der Waals surface area contributed by atoms with Crippen LogP contribution in [0.1, 0.15) is 0 Å². The standard InChI is InChI=1S/I52/c1-28(2)30(5)32(7)34(9)36(11)38(13)40(15)42(17)44(19)46(21)48(23)50(25)52(27)51(26)49(24)47(22)45(20)43(18)41(16)39(14)37(12)35(10)33(8)31(6)29(3)4. The predicted molar refractivity (Wildman–Crippen MR) is 729 cm³/mol. The third-order valence-electron chi connectivity index (χ3n) is 1.96. The van der Waals surface area contributed by atoms with Crippen LogP contribution in [0.2, 0.25) is 0 Å². The molecule has 364 valence electrons. The van der Waals surface area contributed by atoms with Gasteiger partial charge in [0, 0.05) is 0 Å². The van der Waals surface area contributed by atoms with Gasteiger partial charge >= 0.3 is 700 Å². The second kappa shape index (κ2) is 53.9. The van der Waals surface area contributed by atoms with Crippen LogP contribution in [0.3, 0.4) is 0 Å². The normalized spacial score (nSPS) is 18.9. The SMILES string of the molecule is II(I)I(I)I(I)I(I)I(I)I(I)I(I)I(I)I(I)I(I)I(I)I(I)I(I)I(I)I(I)I(I)I(I)I(I)I(I)I(I)I(I)I(I)I(I)I(I)I(I)I. The van der Waals surface area contributed by atoms with Gasteiger partial charge in [-0.15, -0.1) is 0 Å². The van der Waals surface area contributed by atoms with E-state index >= 15 is 0 Å². The van der Waals surface area contributed by atoms with Crippen molar-refractivity contribution in [2.75, 3.05) is 0 Å². The number of halogens is 52. The average molecular weight is 6600 g/mol. The van der Waals surface area contributed by atoms with E-state index in [9.17, 15) is 0 Å². The van der Waals surface area contributed by atoms with Crippen LogP contribution in [-0.4, -0.2) is 0 Å². The van der Waals surface area contributed by atoms with Crippen LogP contribution in [0.5, 0.6) is 0 Å². The molecule has 52 heteroatoms. The summed E-state index contributed by atoms with van der Waals surface area (Å²) in [4.78, 5) is 0. The Labute approximate surface area is 658 Å². The summed E-state index contributed by atoms with van der Waals surface area (Å²) >= 11 is 88.4. The van der Waals surface area contributed by atoms with Crippen molar-refractivity contribution in [3.63, 3.8) is 0 Å². The van der Waals surface area contributed by atoms with E-state index in [2.05, 4.69) is 503 Å². The molecule has 0 aliphatic carbocycles. The molecular weight excluding hydrogens is 6600 g/mol. The van der Waals surface area contributed by atoms with Crippen LogP contribution in [-0.2, 0) is 0 Å². The third-order valence-corrected chi connectivity index (χ3v) is 3970. The summed E-state index contributed by atoms with van der Waals surface area (Å²) in [5, 5.41) is 0. The summed E-state index contributed by atoms with van der Waals surface area (Å²) in [6, 6.07) is 0. The van der Waals surface area contributed by atoms with Crippen molar-refractivity contribution in [3.8, 4) is 0 Å². The van der Waals surface area contributed by atoms with E-state index in [1.54, 1.807) is 0 Å². The van der Waals surface area contributed by atoms with Crippen LogP contribution < -0.4 is 0 Å². The van der Waals surface area contributed by atoms with Crippen LogP contribution in [0.15, 0.2) is 0 Å². The molecule has 0 saturated heterocycles. The Kier molecular flexibility index (Phi) is 93.3. The monoisotopic (exact) mass is 6600 g/mol. The maximum atomic E-state index is 3.39. The molecule has 0 heterocycles. The Morgan fingerprint density at radius 1 is 0.0962 bits per heavy atom. The molecule has 0 unspecified atom stereocenters. The first kappa shape index (κ1) is 90.0. The van der Waals surface area contributed by atoms with Gasteiger partial charge < -0.3 is 0 Å². The van der Waals surface area contributed by atoms with Crippen molar-refractivity contribution in [2.45, 2.75) is 0 Å². The molecule has 0 aliphatic heterocycles. The third kappa shape index (κ3) is 37.1. The Bertz CT molecular complexity index is 856. The Morgan fingerprint density at radius 3 is 0.212 bits per heavy atom. The van der Waals surface area contributed by atoms with Crippen LogP contribution in [0, 0.1) is 0 Å². The van der Waals surface area contributed by atoms with Gasteiger partial charge in [0.2, 0.25) is 0 Å². The summed E-state index contributed by atoms with van der Waals surface area (Å²) in [6.45, 7) is 0. The first-order chi connectivity index (χ1) is 23.6. The topological polar surface area (TPSA) is 0 Å². The molecule has 0 atom stereocenters. The van der Waals surface area contributed by atoms with E-state index in [-0.39, 0.29) is 0 Å². The Hall–Kier alpha value is 38.0. The van der Waals surface area contributed by atoms with E-state index in [1.165, 1.54) is 0 Å². The quantitative estimate of drug-likeness (QED) is 0.0845. The van der Waals surface area contributed by atoms with Crippen molar-refractivity contribution in [1.82, 2.24) is 0 Å². The molecule has 0 aromatic carbocycles. The molecule has 52 heavy (non-hydrogen) atoms. The molecule has 0 rings (SSSR count). The van der Waals surface area contributed by atoms with Crippen LogP contribution in [0.4, 0.5) is 0 Å². The van der Waals surface area contributed by atoms with Gasteiger partial charge in [-0.1, -0.05) is 0 Å². The zero-order valence-corrected chi connectivity index (χ0v) is 132. The van der Waals surface area contributed by atoms with E-state index < -0.39 is 197 Å². The van der Waals surface area contributed by atoms with E-state index in [0.717, 1.165) is 0 Å². The molecule has 0 aromatic heterocycles. The summed E-state index contributed by atoms with van der Waals surface area (Å²) in [5.41, 5.74) is 0. The van der Waals surface area contributed by atoms with Gasteiger partial charge in [-0.3, -0.25) is 0 Å². The molecule has 0 radical (unpaired) electrons. The van der Waals surface area contributed by atoms with E-state index in [4.69, 9.17) is 0 Å². The average Bonchev–Trinajstić information content (AvgIpc) is 3.13. The van der Waals surface area contributed by atoms with Crippen LogP contribution >= 0.6 is 700 Å². The first-order valence-corrected chi connectivity index (χ1v) is 328. The summed E-state index contributed by atoms with van der Waals surface area (Å²) in [6.07, 6.45) is 0. The molecule has 0 aliphatic rings. The number of hydrogen-bond acceptors (Lipinski definition) is 0. The number of rotatable bonds is 24. The van der Waals surface area contributed by atoms with Gasteiger partial charge in [0.15, 0.2) is 0 Å². The molecule has 0 nitrogen and oxygen atoms in total. The van der Waals surface area contributed by atoms with Crippen molar-refractivity contribution >= 4 is 700 Å². The second-order valence-corrected chi connectivity index (χ2v) is 1220. The van der Waals surface area contributed by atoms with Gasteiger partial charge in [-0.25, -0.2) is 0 Å². The molecule has 0 amide bonds. The van der Waals surface area contributed by atoms with Crippen LogP contribution in [0.25, 0.3) is 0 Å². The van der Waals surface area contributed by atoms with E-state index in [0.29, 0.717) is 0 Å². The fourth-order valence-electron chi connectivity index (χ4n) is 0.710. The number of hydrogen-bond donors (Lipinski definition) is 0. The van der Waals surface area contributed by atoms with E-state index in [1.807, 2.05) is 0 Å². The van der Waals surface area contributed by atoms with Gasteiger partial charge in [0.05, 0.1) is 0 Å². The summed E-state index contributed by atoms with van der Waals surface area (Å²) < 4.78 is 0. The Morgan fingerprint density at radius 2 is 0.154 bits per heavy atom. The predicted octanol–water partition coefficient (Wildman–Crippen LogP) is 46.1. The molecule has 0 spiro atoms. The van der Waals surface area contributed by atoms with Crippen molar-refractivity contribution in [1.29, 1.82) is 0 Å². The van der Waals surface area contributed by atoms with Gasteiger partial charge in [0.1, 0.15) is 0 Å². The molecule has 0 saturated carbocycles. The minimum absolute atomic E-state index is 0.466. The fourth-order valence-corrected chi connectivity index (χ4v) is 9640. The van der Waals surface area contributed by atoms with Crippen molar-refractivity contribution < 1.29 is 0 Å². The van der Waals surface area contributed by atoms with Crippen molar-refractivity contribution in [2.24, 2.45) is 0 Å². The second-order valence-electron chi connectivity index (χ2n) is 4.05. The first-order valence-electron chi connectivity index (χ1n) is 7.29. The van der Waals surface area contributed by atoms with Gasteiger partial charge in [-0.05, 0) is 0 Å². The van der Waals surface area contributed by atoms with Crippen molar-refractivity contribution in [3.05, 3.63) is 0 Å².